The first-order valence-electron chi connectivity index (χ1n) is 10.7. The smallest absolute Gasteiger partial charge is 0.309 e. The number of rotatable bonds is 5. The minimum atomic E-state index is -0.919. The van der Waals surface area contributed by atoms with Crippen LogP contribution in [0.25, 0.3) is 0 Å². The van der Waals surface area contributed by atoms with Gasteiger partial charge in [-0.3, -0.25) is 4.79 Å². The fourth-order valence-corrected chi connectivity index (χ4v) is 7.37. The summed E-state index contributed by atoms with van der Waals surface area (Å²) in [5.41, 5.74) is -1.15. The Morgan fingerprint density at radius 2 is 1.96 bits per heavy atom. The van der Waals surface area contributed by atoms with Gasteiger partial charge in [0.05, 0.1) is 12.0 Å². The number of fused-ring (bicyclic) bond motifs is 4. The summed E-state index contributed by atoms with van der Waals surface area (Å²) >= 11 is 0. The standard InChI is InChI=1S/C22H36O3/c1-5-22(11-15-6-7-17(22)8-15)25-20(23)12-21(4,24)19-10-16-9-18(19)14(3)13(16)2/h13-19,24H,5-12H2,1-4H3. The van der Waals surface area contributed by atoms with Crippen LogP contribution in [0.2, 0.25) is 0 Å². The van der Waals surface area contributed by atoms with E-state index in [2.05, 4.69) is 20.8 Å². The number of ether oxygens (including phenoxy) is 1. The lowest BCUT2D eigenvalue weighted by atomic mass is 9.68. The van der Waals surface area contributed by atoms with E-state index in [0.717, 1.165) is 37.0 Å². The van der Waals surface area contributed by atoms with Gasteiger partial charge >= 0.3 is 5.97 Å². The van der Waals surface area contributed by atoms with Crippen LogP contribution in [-0.4, -0.2) is 22.3 Å². The normalized spacial score (nSPS) is 50.2. The Hall–Kier alpha value is -0.570. The van der Waals surface area contributed by atoms with Crippen molar-refractivity contribution in [2.75, 3.05) is 0 Å². The van der Waals surface area contributed by atoms with Crippen molar-refractivity contribution in [2.45, 2.75) is 90.3 Å². The van der Waals surface area contributed by atoms with Gasteiger partial charge in [0.15, 0.2) is 0 Å². The fraction of sp³-hybridized carbons (Fsp3) is 0.955. The van der Waals surface area contributed by atoms with Crippen LogP contribution in [0.1, 0.15) is 79.1 Å². The number of hydrogen-bond donors (Lipinski definition) is 1. The van der Waals surface area contributed by atoms with Crippen molar-refractivity contribution in [3.8, 4) is 0 Å². The maximum Gasteiger partial charge on any atom is 0.309 e. The number of hydrogen-bond acceptors (Lipinski definition) is 3. The zero-order chi connectivity index (χ0) is 18.0. The van der Waals surface area contributed by atoms with Crippen LogP contribution in [0.4, 0.5) is 0 Å². The van der Waals surface area contributed by atoms with Gasteiger partial charge in [-0.15, -0.1) is 0 Å². The lowest BCUT2D eigenvalue weighted by molar-refractivity contribution is -0.174. The SMILES string of the molecule is CCC1(OC(=O)CC(C)(O)C2CC3CC2C(C)C3C)CC2CCC1C2. The third-order valence-corrected chi connectivity index (χ3v) is 9.03. The van der Waals surface area contributed by atoms with Crippen molar-refractivity contribution in [3.63, 3.8) is 0 Å². The van der Waals surface area contributed by atoms with Gasteiger partial charge in [-0.25, -0.2) is 0 Å². The van der Waals surface area contributed by atoms with E-state index in [9.17, 15) is 9.90 Å². The minimum absolute atomic E-state index is 0.164. The van der Waals surface area contributed by atoms with Gasteiger partial charge in [0, 0.05) is 0 Å². The van der Waals surface area contributed by atoms with E-state index in [1.807, 2.05) is 6.92 Å². The molecule has 9 unspecified atom stereocenters. The molecule has 4 rings (SSSR count). The van der Waals surface area contributed by atoms with Crippen LogP contribution in [0.5, 0.6) is 0 Å². The van der Waals surface area contributed by atoms with E-state index in [4.69, 9.17) is 4.74 Å². The topological polar surface area (TPSA) is 46.5 Å². The van der Waals surface area contributed by atoms with Crippen molar-refractivity contribution in [1.29, 1.82) is 0 Å². The molecule has 0 aromatic heterocycles. The van der Waals surface area contributed by atoms with Crippen molar-refractivity contribution in [3.05, 3.63) is 0 Å². The highest BCUT2D eigenvalue weighted by Gasteiger charge is 2.56. The van der Waals surface area contributed by atoms with Gasteiger partial charge in [0.1, 0.15) is 5.60 Å². The zero-order valence-electron chi connectivity index (χ0n) is 16.5. The van der Waals surface area contributed by atoms with Gasteiger partial charge in [0.25, 0.3) is 0 Å². The van der Waals surface area contributed by atoms with E-state index in [-0.39, 0.29) is 23.9 Å². The Morgan fingerprint density at radius 3 is 2.48 bits per heavy atom. The Kier molecular flexibility index (Phi) is 4.26. The molecule has 4 aliphatic carbocycles. The van der Waals surface area contributed by atoms with Crippen LogP contribution in [0, 0.1) is 41.4 Å². The van der Waals surface area contributed by atoms with E-state index < -0.39 is 5.60 Å². The highest BCUT2D eigenvalue weighted by molar-refractivity contribution is 5.71. The van der Waals surface area contributed by atoms with Gasteiger partial charge in [-0.2, -0.15) is 0 Å². The highest BCUT2D eigenvalue weighted by Crippen LogP contribution is 2.58. The molecular weight excluding hydrogens is 312 g/mol. The first kappa shape index (κ1) is 17.8. The average molecular weight is 349 g/mol. The summed E-state index contributed by atoms with van der Waals surface area (Å²) in [6.07, 6.45) is 8.21. The summed E-state index contributed by atoms with van der Waals surface area (Å²) in [7, 11) is 0. The maximum absolute atomic E-state index is 12.8. The van der Waals surface area contributed by atoms with Crippen LogP contribution >= 0.6 is 0 Å². The van der Waals surface area contributed by atoms with Gasteiger partial charge < -0.3 is 9.84 Å². The molecule has 142 valence electrons. The molecule has 3 heteroatoms. The van der Waals surface area contributed by atoms with Gasteiger partial charge in [-0.1, -0.05) is 20.8 Å². The second-order valence-electron chi connectivity index (χ2n) is 10.2. The Bertz CT molecular complexity index is 539. The molecule has 0 aliphatic heterocycles. The molecule has 0 amide bonds. The molecule has 3 nitrogen and oxygen atoms in total. The number of carbonyl (C=O) groups is 1. The zero-order valence-corrected chi connectivity index (χ0v) is 16.5. The molecule has 1 N–H and O–H groups in total. The Balaban J connectivity index is 1.40. The first-order chi connectivity index (χ1) is 11.8. The summed E-state index contributed by atoms with van der Waals surface area (Å²) < 4.78 is 6.11. The van der Waals surface area contributed by atoms with Crippen LogP contribution < -0.4 is 0 Å². The third kappa shape index (κ3) is 2.76. The molecule has 25 heavy (non-hydrogen) atoms. The average Bonchev–Trinajstić information content (AvgIpc) is 3.29. The summed E-state index contributed by atoms with van der Waals surface area (Å²) in [5.74, 6) is 4.15. The highest BCUT2D eigenvalue weighted by atomic mass is 16.6. The molecule has 0 aromatic carbocycles. The number of carbonyl (C=O) groups excluding carboxylic acids is 1. The van der Waals surface area contributed by atoms with E-state index in [1.54, 1.807) is 0 Å². The van der Waals surface area contributed by atoms with Crippen LogP contribution in [-0.2, 0) is 9.53 Å². The number of aliphatic hydroxyl groups is 1. The summed E-state index contributed by atoms with van der Waals surface area (Å²) in [4.78, 5) is 12.8. The predicted octanol–water partition coefficient (Wildman–Crippen LogP) is 4.57. The molecule has 4 bridgehead atoms. The van der Waals surface area contributed by atoms with Crippen LogP contribution in [0.3, 0.4) is 0 Å². The van der Waals surface area contributed by atoms with Gasteiger partial charge in [0.2, 0.25) is 0 Å². The molecule has 0 saturated heterocycles. The summed E-state index contributed by atoms with van der Waals surface area (Å²) in [6, 6.07) is 0. The third-order valence-electron chi connectivity index (χ3n) is 9.03. The molecule has 4 saturated carbocycles. The molecule has 9 atom stereocenters. The van der Waals surface area contributed by atoms with Crippen molar-refractivity contribution < 1.29 is 14.6 Å². The summed E-state index contributed by atoms with van der Waals surface area (Å²) in [6.45, 7) is 8.73. The maximum atomic E-state index is 12.8. The van der Waals surface area contributed by atoms with Gasteiger partial charge in [-0.05, 0) is 93.3 Å². The molecule has 0 aromatic rings. The Labute approximate surface area is 152 Å². The first-order valence-corrected chi connectivity index (χ1v) is 10.7. The monoisotopic (exact) mass is 348 g/mol. The molecule has 0 radical (unpaired) electrons. The van der Waals surface area contributed by atoms with Crippen molar-refractivity contribution in [1.82, 2.24) is 0 Å². The molecule has 4 aliphatic rings. The second kappa shape index (κ2) is 5.97. The Morgan fingerprint density at radius 1 is 1.20 bits per heavy atom. The van der Waals surface area contributed by atoms with E-state index in [1.165, 1.54) is 25.7 Å². The van der Waals surface area contributed by atoms with Crippen LogP contribution in [0.15, 0.2) is 0 Å². The largest absolute Gasteiger partial charge is 0.459 e. The molecule has 4 fully saturated rings. The van der Waals surface area contributed by atoms with E-state index in [0.29, 0.717) is 17.8 Å². The quantitative estimate of drug-likeness (QED) is 0.740. The predicted molar refractivity (Wildman–Crippen MR) is 97.8 cm³/mol. The minimum Gasteiger partial charge on any atom is -0.459 e. The summed E-state index contributed by atoms with van der Waals surface area (Å²) in [5, 5.41) is 11.2. The van der Waals surface area contributed by atoms with E-state index >= 15 is 0 Å². The number of esters is 1. The molecule has 0 spiro atoms. The lowest BCUT2D eigenvalue weighted by Crippen LogP contribution is -2.46. The molecular formula is C22H36O3. The lowest BCUT2D eigenvalue weighted by Gasteiger charge is -2.41. The van der Waals surface area contributed by atoms with Crippen molar-refractivity contribution in [2.24, 2.45) is 41.4 Å². The fourth-order valence-electron chi connectivity index (χ4n) is 7.37. The second-order valence-corrected chi connectivity index (χ2v) is 10.2. The molecule has 0 heterocycles. The van der Waals surface area contributed by atoms with Crippen molar-refractivity contribution >= 4 is 5.97 Å².